The number of nitrogens with zero attached hydrogens (tertiary/aromatic N) is 1. The first kappa shape index (κ1) is 31.4. The summed E-state index contributed by atoms with van der Waals surface area (Å²) in [5.41, 5.74) is 2.61. The summed E-state index contributed by atoms with van der Waals surface area (Å²) < 4.78 is 74.5. The Bertz CT molecular complexity index is 1480. The van der Waals surface area contributed by atoms with E-state index in [4.69, 9.17) is 9.90 Å². The van der Waals surface area contributed by atoms with E-state index >= 15 is 0 Å². The first-order chi connectivity index (χ1) is 19.3. The zero-order valence-corrected chi connectivity index (χ0v) is 22.7. The van der Waals surface area contributed by atoms with Crippen LogP contribution in [0.25, 0.3) is 0 Å². The van der Waals surface area contributed by atoms with Gasteiger partial charge in [-0.15, -0.1) is 0 Å². The molecule has 0 spiro atoms. The minimum atomic E-state index is -5.08. The van der Waals surface area contributed by atoms with E-state index in [1.807, 2.05) is 6.92 Å². The molecule has 0 aliphatic carbocycles. The fourth-order valence-corrected chi connectivity index (χ4v) is 4.85. The lowest BCUT2D eigenvalue weighted by atomic mass is 10.1. The molecule has 1 saturated heterocycles. The molecule has 1 aliphatic rings. The van der Waals surface area contributed by atoms with Gasteiger partial charge in [-0.1, -0.05) is 35.9 Å². The van der Waals surface area contributed by atoms with Gasteiger partial charge in [-0.05, 0) is 43.3 Å². The number of aryl methyl sites for hydroxylation is 1. The standard InChI is InChI=1S/C25H27FN4O3S.C2HF3O2/c1-18-6-9-21(10-7-18)34(32,33)29-23-16-19(8-11-24(23)30-14-12-27-13-15-30)25(31)28-17-20-4-2-3-5-22(20)26;3-2(4,5)1(6)7/h2-11,16,27,29H,12-15,17H2,1H3,(H,28,31);(H,6,7). The van der Waals surface area contributed by atoms with E-state index in [1.54, 1.807) is 54.6 Å². The minimum Gasteiger partial charge on any atom is -0.475 e. The van der Waals surface area contributed by atoms with Crippen LogP contribution in [-0.4, -0.2) is 57.8 Å². The predicted octanol–water partition coefficient (Wildman–Crippen LogP) is 3.91. The number of amides is 1. The van der Waals surface area contributed by atoms with Crippen LogP contribution >= 0.6 is 0 Å². The Balaban J connectivity index is 0.000000587. The van der Waals surface area contributed by atoms with Crippen LogP contribution in [0.1, 0.15) is 21.5 Å². The molecule has 1 heterocycles. The molecule has 4 N–H and O–H groups in total. The Morgan fingerprint density at radius 1 is 1.00 bits per heavy atom. The number of benzene rings is 3. The Kier molecular flexibility index (Phi) is 10.3. The van der Waals surface area contributed by atoms with Gasteiger partial charge in [0.15, 0.2) is 0 Å². The topological polar surface area (TPSA) is 128 Å². The van der Waals surface area contributed by atoms with Crippen molar-refractivity contribution in [3.8, 4) is 0 Å². The molecule has 0 unspecified atom stereocenters. The lowest BCUT2D eigenvalue weighted by Gasteiger charge is -2.31. The number of hydrogen-bond donors (Lipinski definition) is 4. The van der Waals surface area contributed by atoms with Crippen LogP contribution in [-0.2, 0) is 21.4 Å². The molecule has 0 saturated carbocycles. The number of alkyl halides is 3. The highest BCUT2D eigenvalue weighted by molar-refractivity contribution is 7.92. The smallest absolute Gasteiger partial charge is 0.475 e. The highest BCUT2D eigenvalue weighted by atomic mass is 32.2. The third kappa shape index (κ3) is 8.91. The van der Waals surface area contributed by atoms with Gasteiger partial charge >= 0.3 is 12.1 Å². The number of halogens is 4. The predicted molar refractivity (Wildman–Crippen MR) is 145 cm³/mol. The van der Waals surface area contributed by atoms with Crippen molar-refractivity contribution < 1.29 is 40.7 Å². The number of carbonyl (C=O) groups is 2. The molecule has 0 bridgehead atoms. The van der Waals surface area contributed by atoms with Crippen molar-refractivity contribution in [3.63, 3.8) is 0 Å². The van der Waals surface area contributed by atoms with Crippen molar-refractivity contribution in [2.45, 2.75) is 24.5 Å². The normalized spacial score (nSPS) is 13.5. The Morgan fingerprint density at radius 2 is 1.61 bits per heavy atom. The molecular weight excluding hydrogens is 568 g/mol. The molecule has 3 aromatic carbocycles. The van der Waals surface area contributed by atoms with Crippen LogP contribution in [0.15, 0.2) is 71.6 Å². The van der Waals surface area contributed by atoms with Gasteiger partial charge in [0, 0.05) is 43.9 Å². The molecule has 0 atom stereocenters. The summed E-state index contributed by atoms with van der Waals surface area (Å²) in [7, 11) is -3.87. The van der Waals surface area contributed by atoms with E-state index in [1.165, 1.54) is 12.1 Å². The summed E-state index contributed by atoms with van der Waals surface area (Å²) in [4.78, 5) is 23.9. The quantitative estimate of drug-likeness (QED) is 0.305. The van der Waals surface area contributed by atoms with Gasteiger partial charge in [0.25, 0.3) is 15.9 Å². The molecule has 41 heavy (non-hydrogen) atoms. The third-order valence-electron chi connectivity index (χ3n) is 5.93. The van der Waals surface area contributed by atoms with Crippen LogP contribution < -0.4 is 20.3 Å². The second-order valence-electron chi connectivity index (χ2n) is 8.96. The monoisotopic (exact) mass is 596 g/mol. The van der Waals surface area contributed by atoms with Gasteiger partial charge in [-0.2, -0.15) is 13.2 Å². The zero-order valence-electron chi connectivity index (χ0n) is 21.8. The van der Waals surface area contributed by atoms with E-state index in [9.17, 15) is 30.8 Å². The average molecular weight is 597 g/mol. The van der Waals surface area contributed by atoms with Gasteiger partial charge in [0.2, 0.25) is 0 Å². The summed E-state index contributed by atoms with van der Waals surface area (Å²) in [6.45, 7) is 4.87. The second kappa shape index (κ2) is 13.5. The molecule has 0 aromatic heterocycles. The Hall–Kier alpha value is -4.17. The molecule has 0 radical (unpaired) electrons. The van der Waals surface area contributed by atoms with Gasteiger partial charge in [-0.3, -0.25) is 9.52 Å². The number of anilines is 2. The van der Waals surface area contributed by atoms with Crippen molar-refractivity contribution in [2.75, 3.05) is 35.8 Å². The van der Waals surface area contributed by atoms with Gasteiger partial charge in [0.05, 0.1) is 16.3 Å². The fourth-order valence-electron chi connectivity index (χ4n) is 3.78. The van der Waals surface area contributed by atoms with E-state index in [0.29, 0.717) is 30.0 Å². The lowest BCUT2D eigenvalue weighted by molar-refractivity contribution is -0.192. The van der Waals surface area contributed by atoms with E-state index in [0.717, 1.165) is 18.7 Å². The van der Waals surface area contributed by atoms with Crippen molar-refractivity contribution >= 4 is 33.3 Å². The number of piperazine rings is 1. The second-order valence-corrected chi connectivity index (χ2v) is 10.6. The van der Waals surface area contributed by atoms with Crippen LogP contribution in [0.4, 0.5) is 28.9 Å². The zero-order chi connectivity index (χ0) is 30.2. The highest BCUT2D eigenvalue weighted by Gasteiger charge is 2.38. The largest absolute Gasteiger partial charge is 0.490 e. The average Bonchev–Trinajstić information content (AvgIpc) is 2.93. The van der Waals surface area contributed by atoms with Gasteiger partial charge in [0.1, 0.15) is 5.82 Å². The van der Waals surface area contributed by atoms with E-state index in [2.05, 4.69) is 20.3 Å². The number of carboxylic acid groups (broad SMARTS) is 1. The SMILES string of the molecule is Cc1ccc(S(=O)(=O)Nc2cc(C(=O)NCc3ccccc3F)ccc2N2CCNCC2)cc1.O=C(O)C(F)(F)F. The van der Waals surface area contributed by atoms with Crippen LogP contribution in [0.3, 0.4) is 0 Å². The maximum Gasteiger partial charge on any atom is 0.490 e. The molecule has 14 heteroatoms. The van der Waals surface area contributed by atoms with Crippen LogP contribution in [0.2, 0.25) is 0 Å². The molecular formula is C27H28F4N4O5S. The van der Waals surface area contributed by atoms with Crippen molar-refractivity contribution in [2.24, 2.45) is 0 Å². The number of nitrogens with one attached hydrogen (secondary N) is 3. The van der Waals surface area contributed by atoms with Gasteiger partial charge in [-0.25, -0.2) is 17.6 Å². The number of carboxylic acids is 1. The van der Waals surface area contributed by atoms with Crippen molar-refractivity contribution in [1.29, 1.82) is 0 Å². The maximum atomic E-state index is 13.9. The van der Waals surface area contributed by atoms with Crippen LogP contribution in [0, 0.1) is 12.7 Å². The third-order valence-corrected chi connectivity index (χ3v) is 7.31. The Labute approximate surface area is 234 Å². The molecule has 4 rings (SSSR count). The first-order valence-electron chi connectivity index (χ1n) is 12.3. The first-order valence-corrected chi connectivity index (χ1v) is 13.8. The van der Waals surface area contributed by atoms with Crippen LogP contribution in [0.5, 0.6) is 0 Å². The molecule has 1 fully saturated rings. The number of sulfonamides is 1. The summed E-state index contributed by atoms with van der Waals surface area (Å²) in [5, 5.41) is 13.1. The summed E-state index contributed by atoms with van der Waals surface area (Å²) in [6, 6.07) is 17.7. The maximum absolute atomic E-state index is 13.9. The molecule has 220 valence electrons. The number of rotatable bonds is 7. The van der Waals surface area contributed by atoms with Gasteiger partial charge < -0.3 is 20.6 Å². The number of aliphatic carboxylic acids is 1. The molecule has 1 aliphatic heterocycles. The highest BCUT2D eigenvalue weighted by Crippen LogP contribution is 2.30. The molecule has 9 nitrogen and oxygen atoms in total. The van der Waals surface area contributed by atoms with Crippen molar-refractivity contribution in [1.82, 2.24) is 10.6 Å². The Morgan fingerprint density at radius 3 is 2.20 bits per heavy atom. The fraction of sp³-hybridized carbons (Fsp3) is 0.259. The van der Waals surface area contributed by atoms with Crippen molar-refractivity contribution in [3.05, 3.63) is 89.2 Å². The summed E-state index contributed by atoms with van der Waals surface area (Å²) >= 11 is 0. The van der Waals surface area contributed by atoms with E-state index < -0.39 is 33.9 Å². The summed E-state index contributed by atoms with van der Waals surface area (Å²) in [5.74, 6) is -3.58. The summed E-state index contributed by atoms with van der Waals surface area (Å²) in [6.07, 6.45) is -5.08. The minimum absolute atomic E-state index is 0.0233. The number of hydrogen-bond acceptors (Lipinski definition) is 6. The number of carbonyl (C=O) groups excluding carboxylic acids is 1. The van der Waals surface area contributed by atoms with E-state index in [-0.39, 0.29) is 17.0 Å². The lowest BCUT2D eigenvalue weighted by Crippen LogP contribution is -2.43. The molecule has 3 aromatic rings. The molecule has 1 amide bonds.